The topological polar surface area (TPSA) is 77.3 Å². The highest BCUT2D eigenvalue weighted by atomic mass is 14.8. The van der Waals surface area contributed by atoms with Gasteiger partial charge in [0.05, 0.1) is 45.6 Å². The Hall–Kier alpha value is -7.10. The molecule has 0 saturated heterocycles. The first-order valence-corrected chi connectivity index (χ1v) is 16.2. The van der Waals surface area contributed by atoms with E-state index in [-0.39, 0.29) is 0 Å². The first-order valence-electron chi connectivity index (χ1n) is 16.2. The minimum absolute atomic E-state index is 0.794. The lowest BCUT2D eigenvalue weighted by Gasteiger charge is -2.09. The third kappa shape index (κ3) is 6.79. The maximum atomic E-state index is 4.96. The lowest BCUT2D eigenvalue weighted by atomic mass is 10.0. The highest BCUT2D eigenvalue weighted by Gasteiger charge is 2.12. The summed E-state index contributed by atoms with van der Waals surface area (Å²) in [6, 6.07) is 48.0. The van der Waals surface area contributed by atoms with Crippen LogP contribution in [0.1, 0.15) is 11.1 Å². The molecule has 0 bridgehead atoms. The van der Waals surface area contributed by atoms with Gasteiger partial charge in [-0.2, -0.15) is 0 Å². The van der Waals surface area contributed by atoms with Gasteiger partial charge in [0.15, 0.2) is 0 Å². The summed E-state index contributed by atoms with van der Waals surface area (Å²) in [6.07, 6.45) is 7.16. The minimum Gasteiger partial charge on any atom is -0.256 e. The number of aromatic nitrogens is 6. The van der Waals surface area contributed by atoms with Crippen molar-refractivity contribution in [3.05, 3.63) is 182 Å². The van der Waals surface area contributed by atoms with Gasteiger partial charge in [-0.1, -0.05) is 60.4 Å². The molecule has 2 aromatic carbocycles. The summed E-state index contributed by atoms with van der Waals surface area (Å²) >= 11 is 0. The van der Waals surface area contributed by atoms with Gasteiger partial charge in [0.1, 0.15) is 0 Å². The fourth-order valence-electron chi connectivity index (χ4n) is 5.60. The molecule has 0 saturated carbocycles. The molecule has 0 aliphatic heterocycles. The lowest BCUT2D eigenvalue weighted by Crippen LogP contribution is -1.93. The minimum atomic E-state index is 0.794. The smallest absolute Gasteiger partial charge is 0.0900 e. The van der Waals surface area contributed by atoms with Crippen LogP contribution in [0.15, 0.2) is 170 Å². The van der Waals surface area contributed by atoms with E-state index in [0.29, 0.717) is 0 Å². The van der Waals surface area contributed by atoms with E-state index in [9.17, 15) is 0 Å². The second-order valence-electron chi connectivity index (χ2n) is 11.5. The van der Waals surface area contributed by atoms with Crippen molar-refractivity contribution in [1.82, 2.24) is 29.9 Å². The van der Waals surface area contributed by atoms with Gasteiger partial charge in [0, 0.05) is 58.2 Å². The van der Waals surface area contributed by atoms with E-state index in [2.05, 4.69) is 68.2 Å². The number of nitrogens with zero attached hydrogens (tertiary/aromatic N) is 6. The molecule has 6 aromatic heterocycles. The molecular formula is C44H28N6. The van der Waals surface area contributed by atoms with Gasteiger partial charge in [-0.05, 0) is 97.1 Å². The molecule has 8 rings (SSSR count). The van der Waals surface area contributed by atoms with Gasteiger partial charge in [-0.25, -0.2) is 9.97 Å². The van der Waals surface area contributed by atoms with Crippen LogP contribution in [-0.2, 0) is 0 Å². The van der Waals surface area contributed by atoms with Gasteiger partial charge in [0.25, 0.3) is 0 Å². The summed E-state index contributed by atoms with van der Waals surface area (Å²) in [6.45, 7) is 0. The van der Waals surface area contributed by atoms with E-state index in [1.807, 2.05) is 109 Å². The summed E-state index contributed by atoms with van der Waals surface area (Å²) in [5.74, 6) is 6.62. The Morgan fingerprint density at radius 1 is 0.280 bits per heavy atom. The zero-order valence-electron chi connectivity index (χ0n) is 26.8. The molecule has 6 heterocycles. The van der Waals surface area contributed by atoms with E-state index in [1.165, 1.54) is 0 Å². The van der Waals surface area contributed by atoms with Crippen molar-refractivity contribution in [2.75, 3.05) is 0 Å². The second kappa shape index (κ2) is 13.9. The average molecular weight is 641 g/mol. The summed E-state index contributed by atoms with van der Waals surface area (Å²) < 4.78 is 0. The van der Waals surface area contributed by atoms with Crippen LogP contribution in [-0.4, -0.2) is 29.9 Å². The van der Waals surface area contributed by atoms with Crippen LogP contribution in [0, 0.1) is 11.8 Å². The van der Waals surface area contributed by atoms with Crippen molar-refractivity contribution < 1.29 is 0 Å². The molecule has 0 aliphatic rings. The van der Waals surface area contributed by atoms with E-state index >= 15 is 0 Å². The second-order valence-corrected chi connectivity index (χ2v) is 11.5. The number of hydrogen-bond acceptors (Lipinski definition) is 6. The molecule has 0 aliphatic carbocycles. The van der Waals surface area contributed by atoms with Gasteiger partial charge < -0.3 is 0 Å². The predicted octanol–water partition coefficient (Wildman–Crippen LogP) is 9.46. The zero-order chi connectivity index (χ0) is 33.5. The Kier molecular flexibility index (Phi) is 8.43. The predicted molar refractivity (Wildman–Crippen MR) is 198 cm³/mol. The normalized spacial score (nSPS) is 10.6. The molecule has 0 amide bonds. The van der Waals surface area contributed by atoms with Crippen LogP contribution < -0.4 is 0 Å². The molecule has 0 atom stereocenters. The van der Waals surface area contributed by atoms with Gasteiger partial charge >= 0.3 is 0 Å². The lowest BCUT2D eigenvalue weighted by molar-refractivity contribution is 1.24. The third-order valence-corrected chi connectivity index (χ3v) is 8.14. The number of rotatable bonds is 6. The van der Waals surface area contributed by atoms with Crippen molar-refractivity contribution in [3.63, 3.8) is 0 Å². The van der Waals surface area contributed by atoms with Gasteiger partial charge in [-0.15, -0.1) is 0 Å². The van der Waals surface area contributed by atoms with Crippen molar-refractivity contribution in [1.29, 1.82) is 0 Å². The Balaban J connectivity index is 1.06. The Morgan fingerprint density at radius 2 is 0.620 bits per heavy atom. The molecule has 6 heteroatoms. The van der Waals surface area contributed by atoms with Crippen LogP contribution in [0.3, 0.4) is 0 Å². The Bertz CT molecular complexity index is 2150. The highest BCUT2D eigenvalue weighted by Crippen LogP contribution is 2.30. The first-order chi connectivity index (χ1) is 24.7. The molecule has 8 aromatic rings. The summed E-state index contributed by atoms with van der Waals surface area (Å²) in [7, 11) is 0. The van der Waals surface area contributed by atoms with Crippen LogP contribution in [0.4, 0.5) is 0 Å². The van der Waals surface area contributed by atoms with E-state index in [1.54, 1.807) is 24.8 Å². The third-order valence-electron chi connectivity index (χ3n) is 8.14. The van der Waals surface area contributed by atoms with Crippen molar-refractivity contribution in [2.45, 2.75) is 0 Å². The quantitative estimate of drug-likeness (QED) is 0.169. The fraction of sp³-hybridized carbons (Fsp3) is 0. The molecule has 0 N–H and O–H groups in total. The van der Waals surface area contributed by atoms with Crippen LogP contribution >= 0.6 is 0 Å². The molecule has 0 fully saturated rings. The SMILES string of the molecule is C(#Cc1ccc(-c2cc(-c3ccccn3)cc(-c3ccccn3)n2)cc1)c1ccc(-c2cc(-c3ccccn3)cc(-c3ccccn3)n2)cc1. The molecule has 234 valence electrons. The maximum absolute atomic E-state index is 4.96. The standard InChI is InChI=1S/C44H28N6/c1-5-23-45-37(9-1)35-27-41(49-43(29-35)39-11-3-7-25-47-39)33-19-15-31(16-20-33)13-14-32-17-21-34(22-18-32)42-28-36(38-10-2-6-24-46-38)30-44(50-42)40-12-4-8-26-48-40/h1-12,15-30H. The van der Waals surface area contributed by atoms with Crippen molar-refractivity contribution in [2.24, 2.45) is 0 Å². The number of hydrogen-bond donors (Lipinski definition) is 0. The summed E-state index contributed by atoms with van der Waals surface area (Å²) in [5.41, 5.74) is 12.4. The Morgan fingerprint density at radius 3 is 0.960 bits per heavy atom. The maximum Gasteiger partial charge on any atom is 0.0900 e. The highest BCUT2D eigenvalue weighted by molar-refractivity contribution is 5.76. The molecule has 0 unspecified atom stereocenters. The van der Waals surface area contributed by atoms with Crippen LogP contribution in [0.25, 0.3) is 67.8 Å². The van der Waals surface area contributed by atoms with Crippen molar-refractivity contribution in [3.8, 4) is 79.6 Å². The van der Waals surface area contributed by atoms with E-state index in [4.69, 9.17) is 9.97 Å². The monoisotopic (exact) mass is 640 g/mol. The summed E-state index contributed by atoms with van der Waals surface area (Å²) in [4.78, 5) is 28.1. The van der Waals surface area contributed by atoms with E-state index < -0.39 is 0 Å². The summed E-state index contributed by atoms with van der Waals surface area (Å²) in [5, 5.41) is 0. The average Bonchev–Trinajstić information content (AvgIpc) is 3.21. The van der Waals surface area contributed by atoms with Gasteiger partial charge in [0.2, 0.25) is 0 Å². The van der Waals surface area contributed by atoms with E-state index in [0.717, 1.165) is 78.9 Å². The molecule has 6 nitrogen and oxygen atoms in total. The first kappa shape index (κ1) is 30.2. The molecule has 0 radical (unpaired) electrons. The van der Waals surface area contributed by atoms with Crippen molar-refractivity contribution >= 4 is 0 Å². The number of pyridine rings is 6. The number of benzene rings is 2. The molecular weight excluding hydrogens is 613 g/mol. The molecule has 0 spiro atoms. The van der Waals surface area contributed by atoms with Gasteiger partial charge in [-0.3, -0.25) is 19.9 Å². The van der Waals surface area contributed by atoms with Crippen LogP contribution in [0.5, 0.6) is 0 Å². The zero-order valence-corrected chi connectivity index (χ0v) is 26.8. The fourth-order valence-corrected chi connectivity index (χ4v) is 5.60. The molecule has 50 heavy (non-hydrogen) atoms. The largest absolute Gasteiger partial charge is 0.256 e. The Labute approximate surface area is 290 Å². The van der Waals surface area contributed by atoms with Crippen LogP contribution in [0.2, 0.25) is 0 Å².